The monoisotopic (exact) mass is 313 g/mol. The summed E-state index contributed by atoms with van der Waals surface area (Å²) < 4.78 is 0. The Morgan fingerprint density at radius 2 is 2.11 bits per heavy atom. The first-order chi connectivity index (χ1) is 8.98. The van der Waals surface area contributed by atoms with E-state index in [0.29, 0.717) is 15.2 Å². The van der Waals surface area contributed by atoms with Gasteiger partial charge in [-0.2, -0.15) is 0 Å². The lowest BCUT2D eigenvalue weighted by Crippen LogP contribution is -2.42. The van der Waals surface area contributed by atoms with E-state index in [0.717, 1.165) is 35.4 Å². The van der Waals surface area contributed by atoms with Gasteiger partial charge >= 0.3 is 0 Å². The van der Waals surface area contributed by atoms with Crippen LogP contribution in [0, 0.1) is 0 Å². The molecule has 1 aromatic heterocycles. The molecular formula is C13H13Cl2N3S. The van der Waals surface area contributed by atoms with Crippen LogP contribution in [0.25, 0.3) is 0 Å². The van der Waals surface area contributed by atoms with Crippen LogP contribution in [0.2, 0.25) is 10.0 Å². The molecule has 0 aliphatic heterocycles. The summed E-state index contributed by atoms with van der Waals surface area (Å²) in [5.74, 6) is 0. The Balaban J connectivity index is 2.01. The molecule has 1 aromatic carbocycles. The molecule has 3 nitrogen and oxygen atoms in total. The molecule has 4 N–H and O–H groups in total. The Bertz CT molecular complexity index is 641. The standard InChI is InChI=1S/C13H13Cl2N3S/c14-7-1-2-8(9(15)5-7)13(17)4-3-10-11(6-13)19-12(16)18-10/h1-2,5H,3-4,6,17H2,(H2,16,18). The topological polar surface area (TPSA) is 64.9 Å². The van der Waals surface area contributed by atoms with E-state index in [4.69, 9.17) is 34.7 Å². The average Bonchev–Trinajstić information content (AvgIpc) is 2.67. The van der Waals surface area contributed by atoms with Crippen LogP contribution in [0.4, 0.5) is 5.13 Å². The summed E-state index contributed by atoms with van der Waals surface area (Å²) in [7, 11) is 0. The summed E-state index contributed by atoms with van der Waals surface area (Å²) in [6.07, 6.45) is 2.36. The first-order valence-electron chi connectivity index (χ1n) is 5.96. The third-order valence-electron chi connectivity index (χ3n) is 3.55. The van der Waals surface area contributed by atoms with Gasteiger partial charge in [-0.15, -0.1) is 11.3 Å². The maximum absolute atomic E-state index is 6.57. The fourth-order valence-corrected chi connectivity index (χ4v) is 4.18. The molecule has 0 spiro atoms. The molecule has 0 fully saturated rings. The Hall–Kier alpha value is -0.810. The average molecular weight is 314 g/mol. The second-order valence-electron chi connectivity index (χ2n) is 4.88. The molecule has 0 saturated carbocycles. The van der Waals surface area contributed by atoms with Gasteiger partial charge in [0.05, 0.1) is 5.69 Å². The summed E-state index contributed by atoms with van der Waals surface area (Å²) >= 11 is 13.7. The second kappa shape index (κ2) is 4.63. The Labute approximate surface area is 125 Å². The number of nitrogens with zero attached hydrogens (tertiary/aromatic N) is 1. The summed E-state index contributed by atoms with van der Waals surface area (Å²) in [4.78, 5) is 5.50. The minimum atomic E-state index is -0.465. The van der Waals surface area contributed by atoms with E-state index in [2.05, 4.69) is 4.98 Å². The summed E-state index contributed by atoms with van der Waals surface area (Å²) in [6.45, 7) is 0. The minimum absolute atomic E-state index is 0.465. The quantitative estimate of drug-likeness (QED) is 0.848. The van der Waals surface area contributed by atoms with Crippen LogP contribution in [-0.2, 0) is 18.4 Å². The van der Waals surface area contributed by atoms with Crippen molar-refractivity contribution in [3.05, 3.63) is 44.4 Å². The fraction of sp³-hybridized carbons (Fsp3) is 0.308. The number of thiazole rings is 1. The molecule has 2 aromatic rings. The van der Waals surface area contributed by atoms with Crippen LogP contribution in [0.3, 0.4) is 0 Å². The molecule has 19 heavy (non-hydrogen) atoms. The van der Waals surface area contributed by atoms with Gasteiger partial charge in [0.25, 0.3) is 0 Å². The van der Waals surface area contributed by atoms with Gasteiger partial charge in [-0.25, -0.2) is 4.98 Å². The zero-order chi connectivity index (χ0) is 13.6. The third-order valence-corrected chi connectivity index (χ3v) is 5.02. The normalized spacial score (nSPS) is 22.3. The number of rotatable bonds is 1. The lowest BCUT2D eigenvalue weighted by atomic mass is 9.78. The largest absolute Gasteiger partial charge is 0.375 e. The van der Waals surface area contributed by atoms with Crippen LogP contribution in [0.15, 0.2) is 18.2 Å². The van der Waals surface area contributed by atoms with Gasteiger partial charge in [0.15, 0.2) is 5.13 Å². The molecule has 0 radical (unpaired) electrons. The molecule has 1 unspecified atom stereocenters. The number of anilines is 1. The molecule has 0 bridgehead atoms. The van der Waals surface area contributed by atoms with Crippen molar-refractivity contribution >= 4 is 39.7 Å². The van der Waals surface area contributed by atoms with Gasteiger partial charge in [0.1, 0.15) is 0 Å². The van der Waals surface area contributed by atoms with E-state index in [1.54, 1.807) is 6.07 Å². The number of halogens is 2. The van der Waals surface area contributed by atoms with Gasteiger partial charge in [-0.05, 0) is 30.5 Å². The second-order valence-corrected chi connectivity index (χ2v) is 6.84. The van der Waals surface area contributed by atoms with E-state index >= 15 is 0 Å². The van der Waals surface area contributed by atoms with Crippen molar-refractivity contribution in [1.29, 1.82) is 0 Å². The predicted molar refractivity (Wildman–Crippen MR) is 80.9 cm³/mol. The highest BCUT2D eigenvalue weighted by Gasteiger charge is 2.35. The molecular weight excluding hydrogens is 301 g/mol. The Morgan fingerprint density at radius 3 is 2.84 bits per heavy atom. The van der Waals surface area contributed by atoms with Gasteiger partial charge < -0.3 is 11.5 Å². The highest BCUT2D eigenvalue weighted by atomic mass is 35.5. The van der Waals surface area contributed by atoms with Crippen molar-refractivity contribution in [2.45, 2.75) is 24.8 Å². The zero-order valence-electron chi connectivity index (χ0n) is 10.1. The van der Waals surface area contributed by atoms with Crippen molar-refractivity contribution in [3.8, 4) is 0 Å². The van der Waals surface area contributed by atoms with E-state index in [1.165, 1.54) is 11.3 Å². The van der Waals surface area contributed by atoms with Crippen LogP contribution in [0.1, 0.15) is 22.6 Å². The zero-order valence-corrected chi connectivity index (χ0v) is 12.4. The van der Waals surface area contributed by atoms with Gasteiger partial charge in [0, 0.05) is 26.9 Å². The maximum Gasteiger partial charge on any atom is 0.180 e. The molecule has 3 rings (SSSR count). The van der Waals surface area contributed by atoms with E-state index in [1.807, 2.05) is 12.1 Å². The number of aryl methyl sites for hydroxylation is 1. The number of hydrogen-bond acceptors (Lipinski definition) is 4. The Kier molecular flexibility index (Phi) is 3.21. The summed E-state index contributed by atoms with van der Waals surface area (Å²) in [6, 6.07) is 5.48. The highest BCUT2D eigenvalue weighted by molar-refractivity contribution is 7.15. The van der Waals surface area contributed by atoms with Crippen LogP contribution in [-0.4, -0.2) is 4.98 Å². The summed E-state index contributed by atoms with van der Waals surface area (Å²) in [5.41, 5.74) is 13.9. The van der Waals surface area contributed by atoms with Crippen LogP contribution in [0.5, 0.6) is 0 Å². The maximum atomic E-state index is 6.57. The molecule has 1 heterocycles. The van der Waals surface area contributed by atoms with Gasteiger partial charge in [-0.1, -0.05) is 29.3 Å². The van der Waals surface area contributed by atoms with Crippen molar-refractivity contribution in [2.24, 2.45) is 5.73 Å². The number of aromatic nitrogens is 1. The smallest absolute Gasteiger partial charge is 0.180 e. The van der Waals surface area contributed by atoms with Crippen molar-refractivity contribution in [1.82, 2.24) is 4.98 Å². The van der Waals surface area contributed by atoms with Gasteiger partial charge in [0.2, 0.25) is 0 Å². The third kappa shape index (κ3) is 2.34. The predicted octanol–water partition coefficient (Wildman–Crippen LogP) is 3.38. The van der Waals surface area contributed by atoms with E-state index < -0.39 is 5.54 Å². The molecule has 0 amide bonds. The van der Waals surface area contributed by atoms with Crippen LogP contribution < -0.4 is 11.5 Å². The first-order valence-corrected chi connectivity index (χ1v) is 7.54. The number of nitrogen functional groups attached to an aromatic ring is 1. The molecule has 1 atom stereocenters. The van der Waals surface area contributed by atoms with Crippen molar-refractivity contribution in [3.63, 3.8) is 0 Å². The SMILES string of the molecule is Nc1nc2c(s1)CC(N)(c1ccc(Cl)cc1Cl)CC2. The molecule has 1 aliphatic rings. The van der Waals surface area contributed by atoms with Crippen molar-refractivity contribution < 1.29 is 0 Å². The van der Waals surface area contributed by atoms with E-state index in [-0.39, 0.29) is 0 Å². The van der Waals surface area contributed by atoms with Crippen LogP contribution >= 0.6 is 34.5 Å². The lowest BCUT2D eigenvalue weighted by molar-refractivity contribution is 0.386. The number of fused-ring (bicyclic) bond motifs is 1. The number of hydrogen-bond donors (Lipinski definition) is 2. The first kappa shape index (κ1) is 13.2. The molecule has 6 heteroatoms. The van der Waals surface area contributed by atoms with E-state index in [9.17, 15) is 0 Å². The Morgan fingerprint density at radius 1 is 1.32 bits per heavy atom. The molecule has 100 valence electrons. The van der Waals surface area contributed by atoms with Gasteiger partial charge in [-0.3, -0.25) is 0 Å². The fourth-order valence-electron chi connectivity index (χ4n) is 2.58. The lowest BCUT2D eigenvalue weighted by Gasteiger charge is -2.34. The van der Waals surface area contributed by atoms with Crippen molar-refractivity contribution in [2.75, 3.05) is 5.73 Å². The minimum Gasteiger partial charge on any atom is -0.375 e. The number of benzene rings is 1. The summed E-state index contributed by atoms with van der Waals surface area (Å²) in [5, 5.41) is 1.85. The highest BCUT2D eigenvalue weighted by Crippen LogP contribution is 2.40. The molecule has 1 aliphatic carbocycles. The molecule has 0 saturated heterocycles. The number of nitrogens with two attached hydrogens (primary N) is 2.